The van der Waals surface area contributed by atoms with Gasteiger partial charge in [-0.3, -0.25) is 0 Å². The van der Waals surface area contributed by atoms with Crippen molar-refractivity contribution in [3.8, 4) is 11.5 Å². The fraction of sp³-hybridized carbons (Fsp3) is 0.455. The van der Waals surface area contributed by atoms with Gasteiger partial charge in [0.05, 0.1) is 0 Å². The molecule has 2 rings (SSSR count). The smallest absolute Gasteiger partial charge is 0.231 e. The molecule has 0 radical (unpaired) electrons. The molecule has 0 bridgehead atoms. The van der Waals surface area contributed by atoms with Gasteiger partial charge in [-0.05, 0) is 30.5 Å². The van der Waals surface area contributed by atoms with Crippen molar-refractivity contribution in [1.29, 1.82) is 0 Å². The van der Waals surface area contributed by atoms with Gasteiger partial charge >= 0.3 is 0 Å². The lowest BCUT2D eigenvalue weighted by Crippen LogP contribution is -2.05. The summed E-state index contributed by atoms with van der Waals surface area (Å²) in [5, 5.41) is 8.97. The van der Waals surface area contributed by atoms with E-state index in [1.54, 1.807) is 0 Å². The van der Waals surface area contributed by atoms with Crippen LogP contribution in [0.2, 0.25) is 0 Å². The standard InChI is InChI=1S/C11H14O3S/c12-4-3-9(15)5-8-1-2-10-11(6-8)14-7-13-10/h1-2,6,9,12,15H,3-5,7H2. The Bertz CT molecular complexity index is 341. The molecule has 3 nitrogen and oxygen atoms in total. The van der Waals surface area contributed by atoms with Gasteiger partial charge in [-0.2, -0.15) is 12.6 Å². The molecule has 1 aliphatic heterocycles. The number of rotatable bonds is 4. The molecule has 15 heavy (non-hydrogen) atoms. The summed E-state index contributed by atoms with van der Waals surface area (Å²) in [5.74, 6) is 1.61. The minimum Gasteiger partial charge on any atom is -0.454 e. The van der Waals surface area contributed by atoms with E-state index in [1.165, 1.54) is 0 Å². The molecule has 1 aromatic rings. The van der Waals surface area contributed by atoms with E-state index >= 15 is 0 Å². The van der Waals surface area contributed by atoms with Crippen molar-refractivity contribution in [3.63, 3.8) is 0 Å². The number of fused-ring (bicyclic) bond motifs is 1. The van der Waals surface area contributed by atoms with Gasteiger partial charge in [-0.25, -0.2) is 0 Å². The van der Waals surface area contributed by atoms with Crippen LogP contribution in [0.1, 0.15) is 12.0 Å². The molecule has 1 heterocycles. The van der Waals surface area contributed by atoms with E-state index in [4.69, 9.17) is 14.6 Å². The maximum Gasteiger partial charge on any atom is 0.231 e. The molecule has 1 atom stereocenters. The second-order valence-electron chi connectivity index (χ2n) is 3.56. The lowest BCUT2D eigenvalue weighted by molar-refractivity contribution is 0.174. The minimum absolute atomic E-state index is 0.179. The van der Waals surface area contributed by atoms with Crippen LogP contribution in [0, 0.1) is 0 Å². The highest BCUT2D eigenvalue weighted by Gasteiger charge is 2.14. The fourth-order valence-electron chi connectivity index (χ4n) is 1.59. The summed E-state index contributed by atoms with van der Waals surface area (Å²) < 4.78 is 10.5. The molecule has 0 saturated carbocycles. The molecule has 0 amide bonds. The molecule has 82 valence electrons. The molecule has 0 fully saturated rings. The molecule has 0 aliphatic carbocycles. The average Bonchev–Trinajstić information content (AvgIpc) is 2.65. The van der Waals surface area contributed by atoms with Crippen molar-refractivity contribution >= 4 is 12.6 Å². The van der Waals surface area contributed by atoms with E-state index in [1.807, 2.05) is 18.2 Å². The highest BCUT2D eigenvalue weighted by atomic mass is 32.1. The Morgan fingerprint density at radius 3 is 2.93 bits per heavy atom. The Kier molecular flexibility index (Phi) is 3.38. The van der Waals surface area contributed by atoms with Crippen LogP contribution in [-0.2, 0) is 6.42 Å². The summed E-state index contributed by atoms with van der Waals surface area (Å²) in [6, 6.07) is 5.90. The third-order valence-corrected chi connectivity index (χ3v) is 2.81. The lowest BCUT2D eigenvalue weighted by atomic mass is 10.1. The molecule has 0 saturated heterocycles. The molecule has 0 spiro atoms. The summed E-state index contributed by atoms with van der Waals surface area (Å²) in [7, 11) is 0. The Morgan fingerprint density at radius 1 is 1.33 bits per heavy atom. The third kappa shape index (κ3) is 2.58. The number of ether oxygens (including phenoxy) is 2. The van der Waals surface area contributed by atoms with Crippen molar-refractivity contribution < 1.29 is 14.6 Å². The van der Waals surface area contributed by atoms with E-state index < -0.39 is 0 Å². The van der Waals surface area contributed by atoms with E-state index in [9.17, 15) is 0 Å². The van der Waals surface area contributed by atoms with Crippen LogP contribution in [0.5, 0.6) is 11.5 Å². The van der Waals surface area contributed by atoms with Crippen LogP contribution in [0.25, 0.3) is 0 Å². The number of aliphatic hydroxyl groups is 1. The van der Waals surface area contributed by atoms with Crippen molar-refractivity contribution in [2.75, 3.05) is 13.4 Å². The Morgan fingerprint density at radius 2 is 2.13 bits per heavy atom. The zero-order valence-electron chi connectivity index (χ0n) is 8.35. The Balaban J connectivity index is 2.03. The van der Waals surface area contributed by atoms with Gasteiger partial charge < -0.3 is 14.6 Å². The second-order valence-corrected chi connectivity index (χ2v) is 4.29. The predicted octanol–water partition coefficient (Wildman–Crippen LogP) is 1.64. The number of thiol groups is 1. The maximum absolute atomic E-state index is 8.78. The monoisotopic (exact) mass is 226 g/mol. The maximum atomic E-state index is 8.78. The quantitative estimate of drug-likeness (QED) is 0.767. The number of hydrogen-bond donors (Lipinski definition) is 2. The minimum atomic E-state index is 0.179. The first-order valence-corrected chi connectivity index (χ1v) is 5.48. The van der Waals surface area contributed by atoms with Crippen LogP contribution in [0.15, 0.2) is 18.2 Å². The molecular weight excluding hydrogens is 212 g/mol. The summed E-state index contributed by atoms with van der Waals surface area (Å²) in [4.78, 5) is 0. The van der Waals surface area contributed by atoms with E-state index in [0.29, 0.717) is 13.2 Å². The second kappa shape index (κ2) is 4.77. The molecule has 0 aromatic heterocycles. The summed E-state index contributed by atoms with van der Waals surface area (Å²) in [6.07, 6.45) is 1.54. The van der Waals surface area contributed by atoms with Crippen LogP contribution in [0.4, 0.5) is 0 Å². The van der Waals surface area contributed by atoms with Crippen molar-refractivity contribution in [3.05, 3.63) is 23.8 Å². The molecule has 4 heteroatoms. The average molecular weight is 226 g/mol. The first kappa shape index (κ1) is 10.6. The van der Waals surface area contributed by atoms with E-state index in [2.05, 4.69) is 12.6 Å². The normalized spacial score (nSPS) is 15.3. The van der Waals surface area contributed by atoms with Gasteiger partial charge in [-0.1, -0.05) is 6.07 Å². The summed E-state index contributed by atoms with van der Waals surface area (Å²) in [5.41, 5.74) is 1.16. The van der Waals surface area contributed by atoms with E-state index in [0.717, 1.165) is 23.5 Å². The largest absolute Gasteiger partial charge is 0.454 e. The number of hydrogen-bond acceptors (Lipinski definition) is 4. The van der Waals surface area contributed by atoms with E-state index in [-0.39, 0.29) is 11.9 Å². The molecule has 1 aliphatic rings. The third-order valence-electron chi connectivity index (χ3n) is 2.37. The van der Waals surface area contributed by atoms with Crippen LogP contribution < -0.4 is 9.47 Å². The van der Waals surface area contributed by atoms with Gasteiger partial charge in [0, 0.05) is 11.9 Å². The zero-order chi connectivity index (χ0) is 10.7. The van der Waals surface area contributed by atoms with Gasteiger partial charge in [0.15, 0.2) is 11.5 Å². The topological polar surface area (TPSA) is 38.7 Å². The lowest BCUT2D eigenvalue weighted by Gasteiger charge is -2.09. The van der Waals surface area contributed by atoms with Gasteiger partial charge in [-0.15, -0.1) is 0 Å². The van der Waals surface area contributed by atoms with Crippen molar-refractivity contribution in [2.45, 2.75) is 18.1 Å². The Hall–Kier alpha value is -0.870. The highest BCUT2D eigenvalue weighted by Crippen LogP contribution is 2.33. The van der Waals surface area contributed by atoms with Gasteiger partial charge in [0.25, 0.3) is 0 Å². The summed E-state index contributed by atoms with van der Waals surface area (Å²) in [6.45, 7) is 0.485. The number of aliphatic hydroxyl groups excluding tert-OH is 1. The van der Waals surface area contributed by atoms with Crippen molar-refractivity contribution in [2.24, 2.45) is 0 Å². The fourth-order valence-corrected chi connectivity index (χ4v) is 1.92. The van der Waals surface area contributed by atoms with Gasteiger partial charge in [0.2, 0.25) is 6.79 Å². The first-order valence-electron chi connectivity index (χ1n) is 4.97. The highest BCUT2D eigenvalue weighted by molar-refractivity contribution is 7.80. The molecular formula is C11H14O3S. The Labute approximate surface area is 94.4 Å². The van der Waals surface area contributed by atoms with Crippen LogP contribution in [-0.4, -0.2) is 23.8 Å². The molecule has 1 aromatic carbocycles. The van der Waals surface area contributed by atoms with Crippen molar-refractivity contribution in [1.82, 2.24) is 0 Å². The zero-order valence-corrected chi connectivity index (χ0v) is 9.24. The van der Waals surface area contributed by atoms with Gasteiger partial charge in [0.1, 0.15) is 0 Å². The first-order chi connectivity index (χ1) is 7.29. The van der Waals surface area contributed by atoms with Crippen LogP contribution >= 0.6 is 12.6 Å². The SMILES string of the molecule is OCCC(S)Cc1ccc2c(c1)OCO2. The molecule has 1 unspecified atom stereocenters. The predicted molar refractivity (Wildman–Crippen MR) is 60.7 cm³/mol. The molecule has 1 N–H and O–H groups in total. The summed E-state index contributed by atoms with van der Waals surface area (Å²) >= 11 is 4.39. The number of benzene rings is 1. The van der Waals surface area contributed by atoms with Crippen LogP contribution in [0.3, 0.4) is 0 Å².